The molecule has 42 heteroatoms. The lowest BCUT2D eigenvalue weighted by Gasteiger charge is -2.45. The normalized spacial score (nSPS) is 16.6. The van der Waals surface area contributed by atoms with E-state index in [-0.39, 0.29) is 204 Å². The van der Waals surface area contributed by atoms with Gasteiger partial charge in [-0.1, -0.05) is 154 Å². The summed E-state index contributed by atoms with van der Waals surface area (Å²) < 4.78 is 108. The van der Waals surface area contributed by atoms with Crippen LogP contribution in [0, 0.1) is 95.5 Å². The zero-order chi connectivity index (χ0) is 104. The van der Waals surface area contributed by atoms with Crippen molar-refractivity contribution >= 4 is 161 Å². The van der Waals surface area contributed by atoms with Gasteiger partial charge in [-0.3, -0.25) is 57.4 Å². The number of carbonyl (C=O) groups is 3. The number of nitriles is 3. The number of amides is 3. The molecule has 15 rings (SSSR count). The number of halogens is 15. The van der Waals surface area contributed by atoms with Crippen molar-refractivity contribution in [3.05, 3.63) is 255 Å². The van der Waals surface area contributed by atoms with Gasteiger partial charge in [-0.2, -0.15) is 15.8 Å². The van der Waals surface area contributed by atoms with Crippen LogP contribution in [0.3, 0.4) is 0 Å². The van der Waals surface area contributed by atoms with E-state index in [1.165, 1.54) is 45.6 Å². The molecule has 3 N–H and O–H groups in total. The summed E-state index contributed by atoms with van der Waals surface area (Å²) >= 11 is 49.6. The van der Waals surface area contributed by atoms with Crippen LogP contribution in [0.4, 0.5) is 47.8 Å². The van der Waals surface area contributed by atoms with Crippen LogP contribution in [0.15, 0.2) is 107 Å². The second-order valence-corrected chi connectivity index (χ2v) is 38.3. The zero-order valence-electron chi connectivity index (χ0n) is 78.0. The predicted molar refractivity (Wildman–Crippen MR) is 532 cm³/mol. The van der Waals surface area contributed by atoms with E-state index >= 15 is 4.39 Å². The van der Waals surface area contributed by atoms with Crippen molar-refractivity contribution in [1.29, 1.82) is 15.8 Å². The summed E-state index contributed by atoms with van der Waals surface area (Å²) in [5.41, 5.74) is -1.67. The predicted octanol–water partition coefficient (Wildman–Crippen LogP) is 21.4. The fraction of sp³-hybridized carbons (Fsp3) is 0.303. The van der Waals surface area contributed by atoms with E-state index in [0.29, 0.717) is 50.8 Å². The fourth-order valence-electron chi connectivity index (χ4n) is 18.7. The van der Waals surface area contributed by atoms with E-state index in [4.69, 9.17) is 92.8 Å². The highest BCUT2D eigenvalue weighted by Crippen LogP contribution is 2.51. The lowest BCUT2D eigenvalue weighted by molar-refractivity contribution is -0.131. The van der Waals surface area contributed by atoms with E-state index in [2.05, 4.69) is 61.8 Å². The Balaban J connectivity index is 0.000000178. The summed E-state index contributed by atoms with van der Waals surface area (Å²) in [5.74, 6) is -15.6. The summed E-state index contributed by atoms with van der Waals surface area (Å²) in [6, 6.07) is 13.2. The number of hydrogen-bond acceptors (Lipinski definition) is 21. The number of pyridine rings is 9. The molecule has 3 aliphatic heterocycles. The van der Waals surface area contributed by atoms with Crippen LogP contribution in [0.5, 0.6) is 17.2 Å². The topological polar surface area (TPSA) is 346 Å². The molecule has 141 heavy (non-hydrogen) atoms. The maximum Gasteiger partial charge on any atom is 0.276 e. The van der Waals surface area contributed by atoms with Gasteiger partial charge in [-0.25, -0.2) is 45.7 Å². The van der Waals surface area contributed by atoms with Gasteiger partial charge in [-0.05, 0) is 151 Å². The molecule has 0 radical (unpaired) electrons. The average molecular weight is 2090 g/mol. The standard InChI is InChI=1S/2C33H29Cl3F2N6O3.C33H29Cl2F3N6O3/c2*1-7-21(45)43-16(5)12-42(13-17(43)6)30-18-10-20(34)28(22-23(35)25(37)24(36)26(38)31(22)46)41-32(18)44(33(47)19(30)11-39)29-15(4)8-9-40-27(29)14(2)3;1-7-21(45)43-16(5)12-42(13-17(43)6)30-18-10-20(34)28(22-24(36)25(37)23(35)26(38)31(22)46)41-32(18)44(33(47)19(30)11-39)29-15(4)8-9-40-27(29)14(2)3/h3*7-10,14,16-17,46H,1,12-13H2,2-6H3/t3*16-,17+. The Morgan fingerprint density at radius 3 is 0.851 bits per heavy atom. The lowest BCUT2D eigenvalue weighted by atomic mass is 10.0. The van der Waals surface area contributed by atoms with Crippen molar-refractivity contribution in [2.45, 2.75) is 158 Å². The Bertz CT molecular complexity index is 6870. The number of piperazine rings is 3. The number of rotatable bonds is 15. The van der Waals surface area contributed by atoms with Crippen molar-refractivity contribution in [3.8, 4) is 86.3 Å². The summed E-state index contributed by atoms with van der Waals surface area (Å²) in [6.07, 6.45) is 8.44. The first-order valence-corrected chi connectivity index (χ1v) is 46.7. The van der Waals surface area contributed by atoms with E-state index in [1.54, 1.807) is 77.2 Å². The Morgan fingerprint density at radius 2 is 0.617 bits per heavy atom. The van der Waals surface area contributed by atoms with E-state index < -0.39 is 122 Å². The molecule has 12 aromatic rings. The Morgan fingerprint density at radius 1 is 0.383 bits per heavy atom. The number of carbonyl (C=O) groups excluding carboxylic acids is 3. The first-order valence-electron chi connectivity index (χ1n) is 43.7. The number of fused-ring (bicyclic) bond motifs is 3. The van der Waals surface area contributed by atoms with Crippen molar-refractivity contribution in [2.75, 3.05) is 54.0 Å². The van der Waals surface area contributed by atoms with Crippen LogP contribution in [0.1, 0.15) is 151 Å². The third kappa shape index (κ3) is 18.3. The Kier molecular flexibility index (Phi) is 30.8. The highest BCUT2D eigenvalue weighted by molar-refractivity contribution is 6.40. The number of nitrogens with zero attached hydrogens (tertiary/aromatic N) is 18. The van der Waals surface area contributed by atoms with Crippen molar-refractivity contribution in [3.63, 3.8) is 0 Å². The Hall–Kier alpha value is -13.1. The molecule has 3 amide bonds. The molecule has 6 atom stereocenters. The summed E-state index contributed by atoms with van der Waals surface area (Å²) in [4.78, 5) is 119. The number of anilines is 3. The van der Waals surface area contributed by atoms with E-state index in [9.17, 15) is 86.2 Å². The van der Waals surface area contributed by atoms with Gasteiger partial charge in [0, 0.05) is 110 Å². The SMILES string of the molecule is C=CC(=O)N1[C@H](C)CN(c2c(C#N)c(=O)n(-c3c(C)ccnc3C(C)C)c3nc(-c4c(O)c(F)c(Cl)c(F)c4Cl)c(Cl)cc23)C[C@@H]1C.C=CC(=O)N1[C@H](C)CN(c2c(C#N)c(=O)n(-c3c(C)ccnc3C(C)C)c3nc(-c4c(O)c(F)c(Cl)c(F)c4Cl)c(Cl)cc23)C[C@@H]1C.C=CC(=O)N1[C@H](C)CN(c2c(C#N)c(=O)n(-c3c(C)ccnc3C(C)C)c3nc(-c4c(O)c(F)c(Cl)c(F)c4F)c(Cl)cc23)C[C@@H]1C. The minimum atomic E-state index is -1.77. The van der Waals surface area contributed by atoms with Crippen LogP contribution >= 0.6 is 92.8 Å². The van der Waals surface area contributed by atoms with Crippen LogP contribution in [0.2, 0.25) is 40.2 Å². The second-order valence-electron chi connectivity index (χ2n) is 35.1. The van der Waals surface area contributed by atoms with Crippen molar-refractivity contribution < 1.29 is 60.4 Å². The number of benzene rings is 3. The van der Waals surface area contributed by atoms with Crippen molar-refractivity contribution in [2.24, 2.45) is 0 Å². The highest BCUT2D eigenvalue weighted by atomic mass is 35.5. The average Bonchev–Trinajstić information content (AvgIpc) is 0.725. The van der Waals surface area contributed by atoms with Gasteiger partial charge < -0.3 is 44.7 Å². The smallest absolute Gasteiger partial charge is 0.276 e. The first kappa shape index (κ1) is 105. The molecule has 3 aliphatic rings. The molecule has 732 valence electrons. The zero-order valence-corrected chi connectivity index (χ0v) is 84.0. The van der Waals surface area contributed by atoms with Gasteiger partial charge in [-0.15, -0.1) is 0 Å². The number of phenolic OH excluding ortho intramolecular Hbond substituents is 3. The number of aromatic nitrogens is 9. The van der Waals surface area contributed by atoms with Gasteiger partial charge in [0.15, 0.2) is 58.0 Å². The molecule has 0 bridgehead atoms. The molecule has 12 heterocycles. The minimum Gasteiger partial charge on any atom is -0.504 e. The van der Waals surface area contributed by atoms with Gasteiger partial charge in [0.25, 0.3) is 16.7 Å². The molecule has 3 saturated heterocycles. The largest absolute Gasteiger partial charge is 0.504 e. The van der Waals surface area contributed by atoms with Crippen LogP contribution in [0.25, 0.3) is 83.9 Å². The van der Waals surface area contributed by atoms with Gasteiger partial charge in [0.1, 0.15) is 66.9 Å². The number of aromatic hydroxyl groups is 3. The second kappa shape index (κ2) is 41.2. The summed E-state index contributed by atoms with van der Waals surface area (Å²) in [5, 5.41) is 58.7. The molecular weight excluding hydrogens is 2000 g/mol. The lowest BCUT2D eigenvalue weighted by Crippen LogP contribution is -2.58. The number of hydrogen-bond donors (Lipinski definition) is 3. The maximum absolute atomic E-state index is 15.4. The number of phenols is 3. The fourth-order valence-corrected chi connectivity index (χ4v) is 20.7. The molecule has 9 aromatic heterocycles. The quantitative estimate of drug-likeness (QED) is 0.0371. The van der Waals surface area contributed by atoms with Gasteiger partial charge >= 0.3 is 0 Å². The maximum atomic E-state index is 15.4. The molecule has 0 spiro atoms. The van der Waals surface area contributed by atoms with Crippen LogP contribution in [-0.2, 0) is 14.4 Å². The molecule has 0 aliphatic carbocycles. The Labute approximate surface area is 842 Å². The first-order chi connectivity index (χ1) is 66.5. The summed E-state index contributed by atoms with van der Waals surface area (Å²) in [7, 11) is 0. The van der Waals surface area contributed by atoms with Crippen LogP contribution < -0.4 is 31.4 Å². The minimum absolute atomic E-state index is 0.0439. The van der Waals surface area contributed by atoms with Gasteiger partial charge in [0.2, 0.25) is 17.7 Å². The monoisotopic (exact) mass is 2080 g/mol. The van der Waals surface area contributed by atoms with Crippen molar-refractivity contribution in [1.82, 2.24) is 58.3 Å². The van der Waals surface area contributed by atoms with E-state index in [1.807, 2.05) is 99.0 Å². The number of aryl methyl sites for hydroxylation is 3. The summed E-state index contributed by atoms with van der Waals surface area (Å²) in [6.45, 7) is 39.6. The van der Waals surface area contributed by atoms with Crippen LogP contribution in [-0.4, -0.2) is 167 Å². The molecule has 3 aromatic carbocycles. The molecule has 0 unspecified atom stereocenters. The molecule has 0 saturated carbocycles. The molecule has 27 nitrogen and oxygen atoms in total. The molecular formula is C99H87Cl8F7N18O9. The third-order valence-electron chi connectivity index (χ3n) is 24.8. The third-order valence-corrected chi connectivity index (χ3v) is 27.3. The molecule has 3 fully saturated rings. The highest BCUT2D eigenvalue weighted by Gasteiger charge is 2.43. The van der Waals surface area contributed by atoms with Gasteiger partial charge in [0.05, 0.1) is 110 Å². The van der Waals surface area contributed by atoms with E-state index in [0.717, 1.165) is 4.57 Å².